The van der Waals surface area contributed by atoms with Crippen molar-refractivity contribution in [3.8, 4) is 23.2 Å². The van der Waals surface area contributed by atoms with E-state index in [0.29, 0.717) is 40.8 Å². The first-order valence-electron chi connectivity index (χ1n) is 10.1. The van der Waals surface area contributed by atoms with Crippen LogP contribution in [0.2, 0.25) is 0 Å². The summed E-state index contributed by atoms with van der Waals surface area (Å²) in [4.78, 5) is 4.39. The number of hydrogen-bond acceptors (Lipinski definition) is 6. The highest BCUT2D eigenvalue weighted by atomic mass is 19.1. The molecule has 1 unspecified atom stereocenters. The number of nitriles is 1. The second-order valence-corrected chi connectivity index (χ2v) is 7.41. The Labute approximate surface area is 185 Å². The normalized spacial score (nSPS) is 11.6. The molecule has 0 spiro atoms. The first-order valence-corrected chi connectivity index (χ1v) is 10.1. The average molecular weight is 428 g/mol. The second-order valence-electron chi connectivity index (χ2n) is 7.41. The molecule has 0 aliphatic rings. The minimum atomic E-state index is -0.305. The lowest BCUT2D eigenvalue weighted by molar-refractivity contribution is 0.306. The van der Waals surface area contributed by atoms with Gasteiger partial charge in [-0.3, -0.25) is 0 Å². The van der Waals surface area contributed by atoms with Crippen LogP contribution < -0.4 is 10.1 Å². The Balaban J connectivity index is 1.36. The molecule has 1 heterocycles. The molecule has 0 fully saturated rings. The molecule has 4 aromatic rings. The zero-order valence-electron chi connectivity index (χ0n) is 17.7. The molecule has 160 valence electrons. The Morgan fingerprint density at radius 3 is 2.69 bits per heavy atom. The van der Waals surface area contributed by atoms with Crippen LogP contribution in [-0.4, -0.2) is 10.1 Å². The molecule has 1 atom stereocenters. The number of halogens is 1. The molecule has 4 rings (SSSR count). The molecule has 1 N–H and O–H groups in total. The van der Waals surface area contributed by atoms with Crippen LogP contribution in [-0.2, 0) is 6.61 Å². The third-order valence-corrected chi connectivity index (χ3v) is 4.94. The van der Waals surface area contributed by atoms with E-state index in [1.54, 1.807) is 31.2 Å². The van der Waals surface area contributed by atoms with E-state index in [1.165, 1.54) is 6.07 Å². The monoisotopic (exact) mass is 428 g/mol. The third kappa shape index (κ3) is 4.93. The number of ether oxygens (including phenoxy) is 1. The van der Waals surface area contributed by atoms with Gasteiger partial charge < -0.3 is 14.6 Å². The zero-order valence-corrected chi connectivity index (χ0v) is 17.7. The van der Waals surface area contributed by atoms with Crippen molar-refractivity contribution in [1.29, 1.82) is 5.26 Å². The lowest BCUT2D eigenvalue weighted by atomic mass is 10.1. The molecular formula is C25H21FN4O2. The van der Waals surface area contributed by atoms with Crippen LogP contribution in [0.3, 0.4) is 0 Å². The minimum Gasteiger partial charge on any atom is -0.489 e. The SMILES string of the molecule is Cc1ccc(-c2noc(C(C)Nc3ccc(OCc4cccc(C#N)c4)cc3)n2)cc1F. The van der Waals surface area contributed by atoms with Gasteiger partial charge in [0.1, 0.15) is 24.2 Å². The van der Waals surface area contributed by atoms with Gasteiger partial charge in [-0.15, -0.1) is 0 Å². The fraction of sp³-hybridized carbons (Fsp3) is 0.160. The van der Waals surface area contributed by atoms with Gasteiger partial charge in [-0.05, 0) is 67.4 Å². The predicted molar refractivity (Wildman–Crippen MR) is 118 cm³/mol. The van der Waals surface area contributed by atoms with Crippen LogP contribution in [0.25, 0.3) is 11.4 Å². The van der Waals surface area contributed by atoms with Crippen molar-refractivity contribution in [2.75, 3.05) is 5.32 Å². The lowest BCUT2D eigenvalue weighted by Crippen LogP contribution is -2.07. The molecule has 1 aromatic heterocycles. The highest BCUT2D eigenvalue weighted by molar-refractivity contribution is 5.55. The first kappa shape index (κ1) is 21.1. The van der Waals surface area contributed by atoms with Crippen LogP contribution in [0.1, 0.15) is 35.5 Å². The predicted octanol–water partition coefficient (Wildman–Crippen LogP) is 5.81. The van der Waals surface area contributed by atoms with Gasteiger partial charge in [0.25, 0.3) is 0 Å². The summed E-state index contributed by atoms with van der Waals surface area (Å²) in [7, 11) is 0. The largest absolute Gasteiger partial charge is 0.489 e. The van der Waals surface area contributed by atoms with E-state index in [-0.39, 0.29) is 11.9 Å². The minimum absolute atomic E-state index is 0.243. The summed E-state index contributed by atoms with van der Waals surface area (Å²) in [6.45, 7) is 3.98. The smallest absolute Gasteiger partial charge is 0.249 e. The zero-order chi connectivity index (χ0) is 22.5. The molecule has 0 saturated carbocycles. The van der Waals surface area contributed by atoms with Gasteiger partial charge in [0.05, 0.1) is 11.6 Å². The molecule has 3 aromatic carbocycles. The standard InChI is InChI=1S/C25H21FN4O2/c1-16-6-7-20(13-23(16)26)24-29-25(32-30-24)17(2)28-21-8-10-22(11-9-21)31-15-19-5-3-4-18(12-19)14-27/h3-13,17,28H,15H2,1-2H3. The Bertz CT molecular complexity index is 1260. The van der Waals surface area contributed by atoms with Crippen LogP contribution in [0.5, 0.6) is 5.75 Å². The van der Waals surface area contributed by atoms with E-state index in [4.69, 9.17) is 14.5 Å². The number of hydrogen-bond donors (Lipinski definition) is 1. The maximum atomic E-state index is 13.8. The summed E-state index contributed by atoms with van der Waals surface area (Å²) in [5.74, 6) is 1.16. The van der Waals surface area contributed by atoms with Crippen LogP contribution in [0.4, 0.5) is 10.1 Å². The van der Waals surface area contributed by atoms with E-state index in [2.05, 4.69) is 21.5 Å². The fourth-order valence-corrected chi connectivity index (χ4v) is 3.12. The molecule has 0 saturated heterocycles. The molecule has 0 aliphatic heterocycles. The first-order chi connectivity index (χ1) is 15.5. The molecule has 0 aliphatic carbocycles. The molecule has 0 amide bonds. The Hall–Kier alpha value is -4.18. The Morgan fingerprint density at radius 2 is 1.94 bits per heavy atom. The number of nitrogens with zero attached hydrogens (tertiary/aromatic N) is 3. The number of rotatable bonds is 7. The maximum Gasteiger partial charge on any atom is 0.249 e. The second kappa shape index (κ2) is 9.31. The summed E-state index contributed by atoms with van der Waals surface area (Å²) in [5, 5.41) is 16.2. The van der Waals surface area contributed by atoms with Crippen LogP contribution in [0, 0.1) is 24.1 Å². The molecule has 0 radical (unpaired) electrons. The van der Waals surface area contributed by atoms with Crippen molar-refractivity contribution in [2.45, 2.75) is 26.5 Å². The van der Waals surface area contributed by atoms with Gasteiger partial charge in [0, 0.05) is 11.3 Å². The summed E-state index contributed by atoms with van der Waals surface area (Å²) >= 11 is 0. The number of benzene rings is 3. The van der Waals surface area contributed by atoms with Crippen molar-refractivity contribution in [3.05, 3.63) is 95.1 Å². The van der Waals surface area contributed by atoms with E-state index in [1.807, 2.05) is 43.3 Å². The van der Waals surface area contributed by atoms with Crippen molar-refractivity contribution < 1.29 is 13.7 Å². The highest BCUT2D eigenvalue weighted by Gasteiger charge is 2.16. The van der Waals surface area contributed by atoms with Crippen molar-refractivity contribution >= 4 is 5.69 Å². The number of nitrogens with one attached hydrogen (secondary N) is 1. The number of aryl methyl sites for hydroxylation is 1. The molecular weight excluding hydrogens is 407 g/mol. The van der Waals surface area contributed by atoms with Gasteiger partial charge >= 0.3 is 0 Å². The van der Waals surface area contributed by atoms with Gasteiger partial charge in [-0.25, -0.2) is 4.39 Å². The van der Waals surface area contributed by atoms with Gasteiger partial charge in [-0.1, -0.05) is 29.4 Å². The van der Waals surface area contributed by atoms with E-state index < -0.39 is 0 Å². The van der Waals surface area contributed by atoms with E-state index >= 15 is 0 Å². The molecule has 32 heavy (non-hydrogen) atoms. The average Bonchev–Trinajstić information content (AvgIpc) is 3.31. The highest BCUT2D eigenvalue weighted by Crippen LogP contribution is 2.24. The summed E-state index contributed by atoms with van der Waals surface area (Å²) in [6.07, 6.45) is 0. The molecule has 7 heteroatoms. The van der Waals surface area contributed by atoms with Crippen molar-refractivity contribution in [3.63, 3.8) is 0 Å². The van der Waals surface area contributed by atoms with E-state index in [0.717, 1.165) is 11.3 Å². The topological polar surface area (TPSA) is 84.0 Å². The molecule has 0 bridgehead atoms. The third-order valence-electron chi connectivity index (χ3n) is 4.94. The van der Waals surface area contributed by atoms with E-state index in [9.17, 15) is 4.39 Å². The van der Waals surface area contributed by atoms with Crippen LogP contribution in [0.15, 0.2) is 71.3 Å². The van der Waals surface area contributed by atoms with Gasteiger partial charge in [-0.2, -0.15) is 10.2 Å². The molecule has 6 nitrogen and oxygen atoms in total. The Kier molecular flexibility index (Phi) is 6.13. The van der Waals surface area contributed by atoms with Crippen molar-refractivity contribution in [2.24, 2.45) is 0 Å². The summed E-state index contributed by atoms with van der Waals surface area (Å²) < 4.78 is 25.0. The van der Waals surface area contributed by atoms with Crippen molar-refractivity contribution in [1.82, 2.24) is 10.1 Å². The van der Waals surface area contributed by atoms with Gasteiger partial charge in [0.15, 0.2) is 0 Å². The summed E-state index contributed by atoms with van der Waals surface area (Å²) in [6, 6.07) is 21.6. The quantitative estimate of drug-likeness (QED) is 0.400. The maximum absolute atomic E-state index is 13.8. The number of anilines is 1. The summed E-state index contributed by atoms with van der Waals surface area (Å²) in [5.41, 5.74) is 3.53. The lowest BCUT2D eigenvalue weighted by Gasteiger charge is -2.12. The Morgan fingerprint density at radius 1 is 1.12 bits per heavy atom. The number of aromatic nitrogens is 2. The fourth-order valence-electron chi connectivity index (χ4n) is 3.12. The van der Waals surface area contributed by atoms with Gasteiger partial charge in [0.2, 0.25) is 11.7 Å². The van der Waals surface area contributed by atoms with Crippen LogP contribution >= 0.6 is 0 Å².